The Morgan fingerprint density at radius 3 is 2.49 bits per heavy atom. The summed E-state index contributed by atoms with van der Waals surface area (Å²) in [6.45, 7) is 2.13. The normalized spacial score (nSPS) is 16.6. The van der Waals surface area contributed by atoms with Crippen LogP contribution in [0.25, 0.3) is 5.70 Å². The van der Waals surface area contributed by atoms with Gasteiger partial charge in [-0.05, 0) is 46.6 Å². The van der Waals surface area contributed by atoms with Crippen molar-refractivity contribution in [2.75, 3.05) is 7.11 Å². The molecular formula is C28H21BrClNO4. The Labute approximate surface area is 216 Å². The number of halogens is 2. The SMILES string of the molecule is COC(=O)C1=C(C)NC2=C(C(=O)c3ccccc32)[C@@H]1c1ccc(OCc2ccccc2Cl)c(Br)c1. The first-order chi connectivity index (χ1) is 16.9. The number of nitrogens with one attached hydrogen (secondary N) is 1. The molecular weight excluding hydrogens is 530 g/mol. The Bertz CT molecular complexity index is 1440. The van der Waals surface area contributed by atoms with Crippen molar-refractivity contribution in [2.45, 2.75) is 19.4 Å². The number of esters is 1. The fourth-order valence-corrected chi connectivity index (χ4v) is 5.33. The predicted molar refractivity (Wildman–Crippen MR) is 138 cm³/mol. The molecule has 1 aliphatic carbocycles. The van der Waals surface area contributed by atoms with Crippen LogP contribution >= 0.6 is 27.5 Å². The summed E-state index contributed by atoms with van der Waals surface area (Å²) in [6, 6.07) is 20.6. The van der Waals surface area contributed by atoms with Gasteiger partial charge in [-0.25, -0.2) is 4.79 Å². The van der Waals surface area contributed by atoms with E-state index in [-0.39, 0.29) is 5.78 Å². The molecule has 0 saturated heterocycles. The summed E-state index contributed by atoms with van der Waals surface area (Å²) in [4.78, 5) is 26.4. The first-order valence-electron chi connectivity index (χ1n) is 11.0. The summed E-state index contributed by atoms with van der Waals surface area (Å²) >= 11 is 9.85. The summed E-state index contributed by atoms with van der Waals surface area (Å²) in [5.74, 6) is -0.548. The van der Waals surface area contributed by atoms with Crippen LogP contribution in [0.1, 0.15) is 39.9 Å². The van der Waals surface area contributed by atoms with Gasteiger partial charge in [0.05, 0.1) is 22.9 Å². The van der Waals surface area contributed by atoms with Crippen molar-refractivity contribution < 1.29 is 19.1 Å². The molecule has 3 aromatic rings. The van der Waals surface area contributed by atoms with Gasteiger partial charge in [0.25, 0.3) is 0 Å². The maximum Gasteiger partial charge on any atom is 0.336 e. The minimum atomic E-state index is -0.590. The Kier molecular flexibility index (Phi) is 6.26. The van der Waals surface area contributed by atoms with E-state index < -0.39 is 11.9 Å². The molecule has 35 heavy (non-hydrogen) atoms. The van der Waals surface area contributed by atoms with Gasteiger partial charge in [0.1, 0.15) is 12.4 Å². The van der Waals surface area contributed by atoms with Gasteiger partial charge in [-0.15, -0.1) is 0 Å². The van der Waals surface area contributed by atoms with Crippen LogP contribution in [0.2, 0.25) is 5.02 Å². The van der Waals surface area contributed by atoms with Crippen LogP contribution in [0.5, 0.6) is 5.75 Å². The zero-order valence-electron chi connectivity index (χ0n) is 19.0. The van der Waals surface area contributed by atoms with Crippen molar-refractivity contribution in [3.63, 3.8) is 0 Å². The minimum Gasteiger partial charge on any atom is -0.488 e. The number of ether oxygens (including phenoxy) is 2. The summed E-state index contributed by atoms with van der Waals surface area (Å²) in [5, 5.41) is 3.92. The van der Waals surface area contributed by atoms with E-state index in [1.165, 1.54) is 7.11 Å². The number of hydrogen-bond donors (Lipinski definition) is 1. The van der Waals surface area contributed by atoms with Gasteiger partial charge in [-0.2, -0.15) is 0 Å². The quantitative estimate of drug-likeness (QED) is 0.371. The van der Waals surface area contributed by atoms with Crippen LogP contribution in [-0.4, -0.2) is 18.9 Å². The van der Waals surface area contributed by atoms with E-state index >= 15 is 0 Å². The van der Waals surface area contributed by atoms with E-state index in [4.69, 9.17) is 21.1 Å². The fourth-order valence-electron chi connectivity index (χ4n) is 4.63. The van der Waals surface area contributed by atoms with E-state index in [0.717, 1.165) is 22.4 Å². The molecule has 0 bridgehead atoms. The zero-order valence-corrected chi connectivity index (χ0v) is 21.4. The number of carbonyl (C=O) groups is 2. The van der Waals surface area contributed by atoms with Crippen molar-refractivity contribution in [1.29, 1.82) is 0 Å². The molecule has 0 spiro atoms. The molecule has 0 saturated carbocycles. The van der Waals surface area contributed by atoms with Gasteiger partial charge in [0.2, 0.25) is 0 Å². The highest BCUT2D eigenvalue weighted by Crippen LogP contribution is 2.47. The van der Waals surface area contributed by atoms with Crippen LogP contribution in [-0.2, 0) is 16.1 Å². The summed E-state index contributed by atoms with van der Waals surface area (Å²) in [7, 11) is 1.34. The molecule has 1 N–H and O–H groups in total. The van der Waals surface area contributed by atoms with E-state index in [2.05, 4.69) is 21.2 Å². The molecule has 176 valence electrons. The average molecular weight is 551 g/mol. The van der Waals surface area contributed by atoms with Crippen LogP contribution in [0.15, 0.2) is 88.0 Å². The monoisotopic (exact) mass is 549 g/mol. The number of carbonyl (C=O) groups excluding carboxylic acids is 2. The molecule has 2 aliphatic rings. The molecule has 5 nitrogen and oxygen atoms in total. The van der Waals surface area contributed by atoms with Crippen molar-refractivity contribution in [3.8, 4) is 5.75 Å². The second kappa shape index (κ2) is 9.36. The lowest BCUT2D eigenvalue weighted by atomic mass is 9.80. The highest BCUT2D eigenvalue weighted by Gasteiger charge is 2.42. The summed E-state index contributed by atoms with van der Waals surface area (Å²) in [5.41, 5.74) is 5.43. The maximum absolute atomic E-state index is 13.5. The van der Waals surface area contributed by atoms with Gasteiger partial charge in [0.15, 0.2) is 5.78 Å². The van der Waals surface area contributed by atoms with Crippen LogP contribution in [0.4, 0.5) is 0 Å². The van der Waals surface area contributed by atoms with Crippen LogP contribution < -0.4 is 10.1 Å². The lowest BCUT2D eigenvalue weighted by Crippen LogP contribution is -2.29. The second-order valence-corrected chi connectivity index (χ2v) is 9.58. The molecule has 0 unspecified atom stereocenters. The number of dihydropyridines is 1. The molecule has 3 aromatic carbocycles. The summed E-state index contributed by atoms with van der Waals surface area (Å²) in [6.07, 6.45) is 0. The Balaban J connectivity index is 1.55. The van der Waals surface area contributed by atoms with Crippen LogP contribution in [0.3, 0.4) is 0 Å². The Morgan fingerprint density at radius 2 is 1.77 bits per heavy atom. The topological polar surface area (TPSA) is 64.6 Å². The largest absolute Gasteiger partial charge is 0.488 e. The van der Waals surface area contributed by atoms with Crippen molar-refractivity contribution in [1.82, 2.24) is 5.32 Å². The van der Waals surface area contributed by atoms with Gasteiger partial charge in [-0.3, -0.25) is 4.79 Å². The molecule has 1 atom stereocenters. The third-order valence-electron chi connectivity index (χ3n) is 6.28. The third kappa shape index (κ3) is 4.07. The highest BCUT2D eigenvalue weighted by molar-refractivity contribution is 9.10. The van der Waals surface area contributed by atoms with Gasteiger partial charge >= 0.3 is 5.97 Å². The maximum atomic E-state index is 13.5. The van der Waals surface area contributed by atoms with Crippen molar-refractivity contribution in [3.05, 3.63) is 115 Å². The zero-order chi connectivity index (χ0) is 24.7. The first-order valence-corrected chi connectivity index (χ1v) is 12.2. The first kappa shape index (κ1) is 23.4. The standard InChI is InChI=1S/C28H21BrClNO4/c1-15-23(28(33)34-2)24(25-26(31-15)18-8-4-5-9-19(18)27(25)32)16-11-12-22(20(29)13-16)35-14-17-7-3-6-10-21(17)30/h3-13,24,31H,14H2,1-2H3/t24-/m1/s1. The predicted octanol–water partition coefficient (Wildman–Crippen LogP) is 6.42. The lowest BCUT2D eigenvalue weighted by Gasteiger charge is -2.29. The molecule has 0 fully saturated rings. The Hall–Kier alpha value is -3.35. The number of allylic oxidation sites excluding steroid dienone is 2. The lowest BCUT2D eigenvalue weighted by molar-refractivity contribution is -0.136. The van der Waals surface area contributed by atoms with Gasteiger partial charge < -0.3 is 14.8 Å². The average Bonchev–Trinajstić information content (AvgIpc) is 3.14. The van der Waals surface area contributed by atoms with Crippen molar-refractivity contribution in [2.24, 2.45) is 0 Å². The number of benzene rings is 3. The molecule has 0 radical (unpaired) electrons. The highest BCUT2D eigenvalue weighted by atomic mass is 79.9. The van der Waals surface area contributed by atoms with E-state index in [1.54, 1.807) is 0 Å². The Morgan fingerprint density at radius 1 is 1.06 bits per heavy atom. The number of Topliss-reactive ketones (excluding diaryl/α,β-unsaturated/α-hetero) is 1. The van der Waals surface area contributed by atoms with Gasteiger partial charge in [0, 0.05) is 38.9 Å². The molecule has 0 amide bonds. The van der Waals surface area contributed by atoms with Gasteiger partial charge in [-0.1, -0.05) is 60.1 Å². The number of ketones is 1. The molecule has 1 aliphatic heterocycles. The minimum absolute atomic E-state index is 0.0998. The number of methoxy groups -OCH3 is 1. The molecule has 1 heterocycles. The van der Waals surface area contributed by atoms with E-state index in [0.29, 0.717) is 44.3 Å². The fraction of sp³-hybridized carbons (Fsp3) is 0.143. The molecule has 5 rings (SSSR count). The van der Waals surface area contributed by atoms with E-state index in [1.807, 2.05) is 73.7 Å². The number of rotatable bonds is 5. The van der Waals surface area contributed by atoms with Crippen LogP contribution in [0, 0.1) is 0 Å². The molecule has 0 aromatic heterocycles. The number of fused-ring (bicyclic) bond motifs is 2. The van der Waals surface area contributed by atoms with Crippen molar-refractivity contribution >= 4 is 45.0 Å². The summed E-state index contributed by atoms with van der Waals surface area (Å²) < 4.78 is 11.8. The molecule has 7 heteroatoms. The number of hydrogen-bond acceptors (Lipinski definition) is 5. The smallest absolute Gasteiger partial charge is 0.336 e. The van der Waals surface area contributed by atoms with E-state index in [9.17, 15) is 9.59 Å². The second-order valence-electron chi connectivity index (χ2n) is 8.32. The third-order valence-corrected chi connectivity index (χ3v) is 7.27.